The van der Waals surface area contributed by atoms with Crippen LogP contribution in [0.1, 0.15) is 0 Å². The van der Waals surface area contributed by atoms with Gasteiger partial charge in [0, 0.05) is 6.08 Å². The van der Waals surface area contributed by atoms with Gasteiger partial charge in [-0.2, -0.15) is 0 Å². The predicted octanol–water partition coefficient (Wildman–Crippen LogP) is -0.158. The Bertz CT molecular complexity index is 79.8. The summed E-state index contributed by atoms with van der Waals surface area (Å²) in [5, 5.41) is 0. The molecule has 0 atom stereocenters. The fourth-order valence-corrected chi connectivity index (χ4v) is 0.272. The van der Waals surface area contributed by atoms with Crippen molar-refractivity contribution in [3.63, 3.8) is 0 Å². The quantitative estimate of drug-likeness (QED) is 0.282. The molecule has 0 saturated heterocycles. The predicted molar refractivity (Wildman–Crippen MR) is 26.9 cm³/mol. The van der Waals surface area contributed by atoms with Crippen molar-refractivity contribution < 1.29 is 9.53 Å². The Morgan fingerprint density at radius 1 is 2.00 bits per heavy atom. The largest absolute Gasteiger partial charge is 0.467 e. The molecular weight excluding hydrogens is 108 g/mol. The summed E-state index contributed by atoms with van der Waals surface area (Å²) in [4.78, 5) is 10.0. The molecule has 3 radical (unpaired) electrons. The van der Waals surface area contributed by atoms with Crippen LogP contribution in [-0.4, -0.2) is 22.4 Å². The molecule has 0 heterocycles. The van der Waals surface area contributed by atoms with E-state index in [1.165, 1.54) is 0 Å². The first-order valence-corrected chi connectivity index (χ1v) is 2.45. The van der Waals surface area contributed by atoms with E-state index in [4.69, 9.17) is 0 Å². The lowest BCUT2D eigenvalue weighted by Gasteiger charge is -1.90. The van der Waals surface area contributed by atoms with Crippen molar-refractivity contribution >= 4 is 16.2 Å². The molecule has 0 aliphatic heterocycles. The van der Waals surface area contributed by atoms with Gasteiger partial charge in [-0.15, -0.1) is 0 Å². The third-order valence-electron chi connectivity index (χ3n) is 0.381. The molecule has 0 spiro atoms. The zero-order chi connectivity index (χ0) is 5.70. The highest BCUT2D eigenvalue weighted by Crippen LogP contribution is 1.72. The van der Waals surface area contributed by atoms with Gasteiger partial charge in [-0.05, 0) is 0 Å². The van der Waals surface area contributed by atoms with Crippen LogP contribution in [0.15, 0.2) is 12.7 Å². The van der Waals surface area contributed by atoms with Crippen LogP contribution >= 0.6 is 0 Å². The molecule has 0 aromatic carbocycles. The van der Waals surface area contributed by atoms with E-state index < -0.39 is 5.97 Å². The first-order chi connectivity index (χ1) is 3.31. The maximum absolute atomic E-state index is 10.0. The maximum Gasteiger partial charge on any atom is 0.329 e. The van der Waals surface area contributed by atoms with Crippen LogP contribution in [0.3, 0.4) is 0 Å². The van der Waals surface area contributed by atoms with Crippen LogP contribution in [0.25, 0.3) is 0 Å². The number of hydrogen-bond donors (Lipinski definition) is 0. The van der Waals surface area contributed by atoms with E-state index in [1.54, 1.807) is 0 Å². The molecule has 0 N–H and O–H groups in total. The Balaban J connectivity index is 3.17. The lowest BCUT2D eigenvalue weighted by molar-refractivity contribution is -0.135. The fourth-order valence-electron chi connectivity index (χ4n) is 0.130. The summed E-state index contributed by atoms with van der Waals surface area (Å²) in [7, 11) is 2.94. The average Bonchev–Trinajstić information content (AvgIpc) is 1.68. The molecule has 0 aliphatic carbocycles. The van der Waals surface area contributed by atoms with Gasteiger partial charge in [-0.3, -0.25) is 0 Å². The molecule has 3 heteroatoms. The lowest BCUT2D eigenvalue weighted by Crippen LogP contribution is -2.00. The molecule has 0 aromatic rings. The Morgan fingerprint density at radius 2 is 2.57 bits per heavy atom. The standard InChI is InChI=1S/C4H5O2Si/c1-2-4(5)6-3-7/h2H,1,3H2. The number of carbonyl (C=O) groups is 1. The first kappa shape index (κ1) is 6.43. The topological polar surface area (TPSA) is 26.3 Å². The minimum Gasteiger partial charge on any atom is -0.467 e. The number of ether oxygens (including phenoxy) is 1. The highest BCUT2D eigenvalue weighted by molar-refractivity contribution is 6.09. The Hall–Kier alpha value is -0.573. The number of hydrogen-bond acceptors (Lipinski definition) is 2. The van der Waals surface area contributed by atoms with Gasteiger partial charge in [0.25, 0.3) is 0 Å². The van der Waals surface area contributed by atoms with E-state index in [0.717, 1.165) is 6.08 Å². The van der Waals surface area contributed by atoms with E-state index in [-0.39, 0.29) is 6.23 Å². The maximum atomic E-state index is 10.0. The Kier molecular flexibility index (Phi) is 3.32. The summed E-state index contributed by atoms with van der Waals surface area (Å²) in [6.07, 6.45) is 1.34. The third kappa shape index (κ3) is 3.25. The second-order valence-corrected chi connectivity index (χ2v) is 1.10. The second kappa shape index (κ2) is 3.61. The van der Waals surface area contributed by atoms with Crippen LogP contribution in [0.2, 0.25) is 0 Å². The monoisotopic (exact) mass is 113 g/mol. The zero-order valence-electron chi connectivity index (χ0n) is 3.81. The van der Waals surface area contributed by atoms with Gasteiger partial charge < -0.3 is 4.74 Å². The molecular formula is C4H5O2Si. The molecule has 37 valence electrons. The number of esters is 1. The summed E-state index contributed by atoms with van der Waals surface area (Å²) in [5.41, 5.74) is 0. The van der Waals surface area contributed by atoms with E-state index >= 15 is 0 Å². The zero-order valence-corrected chi connectivity index (χ0v) is 4.81. The summed E-state index contributed by atoms with van der Waals surface area (Å²) < 4.78 is 4.35. The molecule has 0 bridgehead atoms. The molecule has 2 nitrogen and oxygen atoms in total. The van der Waals surface area contributed by atoms with Gasteiger partial charge in [-0.25, -0.2) is 4.79 Å². The number of carbonyl (C=O) groups excluding carboxylic acids is 1. The van der Waals surface area contributed by atoms with Gasteiger partial charge in [-0.1, -0.05) is 6.58 Å². The highest BCUT2D eigenvalue weighted by atomic mass is 28.1. The minimum absolute atomic E-state index is 0.227. The SMILES string of the molecule is C=CC(=O)OC[Si]. The summed E-state index contributed by atoms with van der Waals surface area (Å²) in [6.45, 7) is 3.18. The molecule has 0 unspecified atom stereocenters. The summed E-state index contributed by atoms with van der Waals surface area (Å²) >= 11 is 0. The van der Waals surface area contributed by atoms with Crippen molar-refractivity contribution in [1.82, 2.24) is 0 Å². The smallest absolute Gasteiger partial charge is 0.329 e. The molecule has 0 aromatic heterocycles. The first-order valence-electron chi connectivity index (χ1n) is 1.75. The number of rotatable bonds is 2. The van der Waals surface area contributed by atoms with Crippen LogP contribution < -0.4 is 0 Å². The van der Waals surface area contributed by atoms with Crippen LogP contribution in [0, 0.1) is 0 Å². The fraction of sp³-hybridized carbons (Fsp3) is 0.250. The van der Waals surface area contributed by atoms with Gasteiger partial charge in [0.05, 0.1) is 16.5 Å². The van der Waals surface area contributed by atoms with E-state index in [1.807, 2.05) is 0 Å². The van der Waals surface area contributed by atoms with Gasteiger partial charge in [0.15, 0.2) is 0 Å². The molecule has 0 aliphatic rings. The molecule has 0 fully saturated rings. The van der Waals surface area contributed by atoms with E-state index in [2.05, 4.69) is 21.6 Å². The highest BCUT2D eigenvalue weighted by Gasteiger charge is 1.86. The molecule has 0 amide bonds. The molecule has 7 heavy (non-hydrogen) atoms. The molecule has 0 saturated carbocycles. The Labute approximate surface area is 45.6 Å². The summed E-state index contributed by atoms with van der Waals surface area (Å²) in [5.74, 6) is -0.407. The van der Waals surface area contributed by atoms with Gasteiger partial charge in [0.1, 0.15) is 0 Å². The van der Waals surface area contributed by atoms with Crippen LogP contribution in [0.4, 0.5) is 0 Å². The Morgan fingerprint density at radius 3 is 2.71 bits per heavy atom. The van der Waals surface area contributed by atoms with Crippen molar-refractivity contribution in [2.45, 2.75) is 0 Å². The van der Waals surface area contributed by atoms with Crippen molar-refractivity contribution in [3.8, 4) is 0 Å². The van der Waals surface area contributed by atoms with Crippen LogP contribution in [0.5, 0.6) is 0 Å². The van der Waals surface area contributed by atoms with Crippen molar-refractivity contribution in [2.24, 2.45) is 0 Å². The van der Waals surface area contributed by atoms with Crippen molar-refractivity contribution in [3.05, 3.63) is 12.7 Å². The van der Waals surface area contributed by atoms with Crippen LogP contribution in [-0.2, 0) is 9.53 Å². The van der Waals surface area contributed by atoms with Crippen molar-refractivity contribution in [2.75, 3.05) is 6.23 Å². The van der Waals surface area contributed by atoms with Gasteiger partial charge in [0.2, 0.25) is 0 Å². The lowest BCUT2D eigenvalue weighted by atomic mass is 10.7. The third-order valence-corrected chi connectivity index (χ3v) is 0.525. The normalized spacial score (nSPS) is 7.57. The molecule has 0 rings (SSSR count). The van der Waals surface area contributed by atoms with E-state index in [9.17, 15) is 4.79 Å². The van der Waals surface area contributed by atoms with Crippen molar-refractivity contribution in [1.29, 1.82) is 0 Å². The van der Waals surface area contributed by atoms with E-state index in [0.29, 0.717) is 0 Å². The minimum atomic E-state index is -0.407. The summed E-state index contributed by atoms with van der Waals surface area (Å²) in [6, 6.07) is 0. The van der Waals surface area contributed by atoms with Gasteiger partial charge >= 0.3 is 5.97 Å². The second-order valence-electron chi connectivity index (χ2n) is 0.812. The average molecular weight is 113 g/mol.